The van der Waals surface area contributed by atoms with Gasteiger partial charge in [0.25, 0.3) is 5.91 Å². The van der Waals surface area contributed by atoms with Crippen molar-refractivity contribution in [3.05, 3.63) is 52.3 Å². The lowest BCUT2D eigenvalue weighted by molar-refractivity contribution is -0.0514. The van der Waals surface area contributed by atoms with E-state index in [4.69, 9.17) is 4.74 Å². The van der Waals surface area contributed by atoms with Crippen molar-refractivity contribution in [3.8, 4) is 11.5 Å². The number of hydrogen-bond acceptors (Lipinski definition) is 4. The average Bonchev–Trinajstić information content (AvgIpc) is 2.56. The predicted octanol–water partition coefficient (Wildman–Crippen LogP) is 4.12. The van der Waals surface area contributed by atoms with Crippen molar-refractivity contribution in [2.75, 3.05) is 13.7 Å². The topological polar surface area (TPSA) is 51.7 Å². The first kappa shape index (κ1) is 19.1. The molecule has 2 rings (SSSR count). The first-order valence-corrected chi connectivity index (χ1v) is 8.26. The molecule has 2 aromatic rings. The van der Waals surface area contributed by atoms with Crippen LogP contribution in [0.15, 0.2) is 41.1 Å². The fraction of sp³-hybridized carbons (Fsp3) is 0.294. The predicted molar refractivity (Wildman–Crippen MR) is 92.0 cm³/mol. The van der Waals surface area contributed by atoms with Gasteiger partial charge in [-0.25, -0.2) is 0 Å². The number of pyridine rings is 1. The number of rotatable bonds is 7. The fourth-order valence-corrected chi connectivity index (χ4v) is 2.57. The number of halogens is 3. The molecule has 0 unspecified atom stereocenters. The summed E-state index contributed by atoms with van der Waals surface area (Å²) in [6.45, 7) is -0.602. The second-order valence-corrected chi connectivity index (χ2v) is 6.06. The SMILES string of the molecule is CCOc1cc(CN(C)C(=O)c2cncc(Br)c2)ccc1OC(F)F. The third kappa shape index (κ3) is 5.38. The summed E-state index contributed by atoms with van der Waals surface area (Å²) in [7, 11) is 1.65. The lowest BCUT2D eigenvalue weighted by Gasteiger charge is -2.19. The van der Waals surface area contributed by atoms with Gasteiger partial charge < -0.3 is 14.4 Å². The van der Waals surface area contributed by atoms with Crippen molar-refractivity contribution in [3.63, 3.8) is 0 Å². The minimum Gasteiger partial charge on any atom is -0.490 e. The molecule has 0 spiro atoms. The molecular weight excluding hydrogens is 398 g/mol. The van der Waals surface area contributed by atoms with Crippen LogP contribution in [0.1, 0.15) is 22.8 Å². The third-order valence-corrected chi connectivity index (χ3v) is 3.68. The third-order valence-electron chi connectivity index (χ3n) is 3.24. The van der Waals surface area contributed by atoms with E-state index in [1.165, 1.54) is 17.2 Å². The van der Waals surface area contributed by atoms with Crippen LogP contribution in [0.4, 0.5) is 8.78 Å². The quantitative estimate of drug-likeness (QED) is 0.683. The van der Waals surface area contributed by atoms with Crippen molar-refractivity contribution >= 4 is 21.8 Å². The highest BCUT2D eigenvalue weighted by molar-refractivity contribution is 9.10. The van der Waals surface area contributed by atoms with Gasteiger partial charge in [-0.2, -0.15) is 8.78 Å². The number of ether oxygens (including phenoxy) is 2. The van der Waals surface area contributed by atoms with Gasteiger partial charge in [-0.1, -0.05) is 6.07 Å². The van der Waals surface area contributed by atoms with E-state index in [-0.39, 0.29) is 24.0 Å². The molecule has 0 fully saturated rings. The molecule has 1 aromatic heterocycles. The second-order valence-electron chi connectivity index (χ2n) is 5.15. The van der Waals surface area contributed by atoms with Gasteiger partial charge in [0.2, 0.25) is 0 Å². The Morgan fingerprint density at radius 3 is 2.68 bits per heavy atom. The Labute approximate surface area is 152 Å². The normalized spacial score (nSPS) is 10.6. The Kier molecular flexibility index (Phi) is 6.69. The van der Waals surface area contributed by atoms with Crippen LogP contribution in [0, 0.1) is 0 Å². The summed E-state index contributed by atoms with van der Waals surface area (Å²) < 4.78 is 35.4. The van der Waals surface area contributed by atoms with Crippen molar-refractivity contribution in [1.29, 1.82) is 0 Å². The van der Waals surface area contributed by atoms with E-state index < -0.39 is 6.61 Å². The Balaban J connectivity index is 2.15. The van der Waals surface area contributed by atoms with E-state index in [1.807, 2.05) is 0 Å². The van der Waals surface area contributed by atoms with Crippen LogP contribution in [0.25, 0.3) is 0 Å². The molecular formula is C17H17BrF2N2O3. The molecule has 0 aliphatic heterocycles. The van der Waals surface area contributed by atoms with Crippen LogP contribution >= 0.6 is 15.9 Å². The molecule has 0 atom stereocenters. The van der Waals surface area contributed by atoms with Crippen molar-refractivity contribution in [2.24, 2.45) is 0 Å². The van der Waals surface area contributed by atoms with E-state index in [9.17, 15) is 13.6 Å². The zero-order valence-electron chi connectivity index (χ0n) is 13.7. The minimum absolute atomic E-state index is 0.0363. The number of carbonyl (C=O) groups excluding carboxylic acids is 1. The molecule has 1 heterocycles. The van der Waals surface area contributed by atoms with E-state index >= 15 is 0 Å². The Morgan fingerprint density at radius 2 is 2.04 bits per heavy atom. The van der Waals surface area contributed by atoms with Gasteiger partial charge in [0.15, 0.2) is 11.5 Å². The highest BCUT2D eigenvalue weighted by Crippen LogP contribution is 2.30. The molecule has 0 saturated carbocycles. The monoisotopic (exact) mass is 414 g/mol. The molecule has 5 nitrogen and oxygen atoms in total. The summed E-state index contributed by atoms with van der Waals surface area (Å²) in [4.78, 5) is 17.9. The van der Waals surface area contributed by atoms with Gasteiger partial charge in [0.1, 0.15) is 0 Å². The van der Waals surface area contributed by atoms with Crippen molar-refractivity contribution in [1.82, 2.24) is 9.88 Å². The first-order chi connectivity index (χ1) is 11.9. The zero-order valence-corrected chi connectivity index (χ0v) is 15.3. The standard InChI is InChI=1S/C17H17BrF2N2O3/c1-3-24-15-6-11(4-5-14(15)25-17(19)20)10-22(2)16(23)12-7-13(18)9-21-8-12/h4-9,17H,3,10H2,1-2H3. The highest BCUT2D eigenvalue weighted by Gasteiger charge is 2.15. The number of benzene rings is 1. The van der Waals surface area contributed by atoms with Gasteiger partial charge in [-0.05, 0) is 46.6 Å². The van der Waals surface area contributed by atoms with Crippen LogP contribution in [0.2, 0.25) is 0 Å². The molecule has 0 bridgehead atoms. The number of carbonyl (C=O) groups is 1. The molecule has 0 aliphatic rings. The number of nitrogens with zero attached hydrogens (tertiary/aromatic N) is 2. The maximum absolute atomic E-state index is 12.4. The smallest absolute Gasteiger partial charge is 0.387 e. The van der Waals surface area contributed by atoms with Crippen LogP contribution in [0.5, 0.6) is 11.5 Å². The number of hydrogen-bond donors (Lipinski definition) is 0. The van der Waals surface area contributed by atoms with Gasteiger partial charge in [0, 0.05) is 30.5 Å². The lowest BCUT2D eigenvalue weighted by Crippen LogP contribution is -2.26. The maximum Gasteiger partial charge on any atom is 0.387 e. The second kappa shape index (κ2) is 8.75. The zero-order chi connectivity index (χ0) is 18.4. The van der Waals surface area contributed by atoms with Crippen LogP contribution in [0.3, 0.4) is 0 Å². The summed E-state index contributed by atoms with van der Waals surface area (Å²) >= 11 is 3.28. The Morgan fingerprint density at radius 1 is 1.28 bits per heavy atom. The Bertz CT molecular complexity index is 744. The average molecular weight is 415 g/mol. The summed E-state index contributed by atoms with van der Waals surface area (Å²) in [6, 6.07) is 6.29. The van der Waals surface area contributed by atoms with Gasteiger partial charge >= 0.3 is 6.61 Å². The van der Waals surface area contributed by atoms with Crippen LogP contribution in [-0.2, 0) is 6.54 Å². The summed E-state index contributed by atoms with van der Waals surface area (Å²) in [5.74, 6) is -0.0318. The largest absolute Gasteiger partial charge is 0.490 e. The molecule has 0 aliphatic carbocycles. The summed E-state index contributed by atoms with van der Waals surface area (Å²) in [6.07, 6.45) is 3.07. The van der Waals surface area contributed by atoms with Gasteiger partial charge in [0.05, 0.1) is 12.2 Å². The highest BCUT2D eigenvalue weighted by atomic mass is 79.9. The van der Waals surface area contributed by atoms with Crippen molar-refractivity contribution < 1.29 is 23.0 Å². The molecule has 0 radical (unpaired) electrons. The van der Waals surface area contributed by atoms with Gasteiger partial charge in [-0.3, -0.25) is 9.78 Å². The molecule has 1 amide bonds. The lowest BCUT2D eigenvalue weighted by atomic mass is 10.1. The van der Waals surface area contributed by atoms with Crippen molar-refractivity contribution in [2.45, 2.75) is 20.1 Å². The number of aromatic nitrogens is 1. The molecule has 0 saturated heterocycles. The first-order valence-electron chi connectivity index (χ1n) is 7.47. The fourth-order valence-electron chi connectivity index (χ4n) is 2.21. The Hall–Kier alpha value is -2.22. The maximum atomic E-state index is 12.4. The molecule has 25 heavy (non-hydrogen) atoms. The molecule has 1 aromatic carbocycles. The van der Waals surface area contributed by atoms with Crippen LogP contribution < -0.4 is 9.47 Å². The van der Waals surface area contributed by atoms with Gasteiger partial charge in [-0.15, -0.1) is 0 Å². The van der Waals surface area contributed by atoms with E-state index in [2.05, 4.69) is 25.7 Å². The summed E-state index contributed by atoms with van der Waals surface area (Å²) in [5, 5.41) is 0. The molecule has 8 heteroatoms. The molecule has 0 N–H and O–H groups in total. The van der Waals surface area contributed by atoms with E-state index in [1.54, 1.807) is 38.4 Å². The van der Waals surface area contributed by atoms with Crippen LogP contribution in [-0.4, -0.2) is 36.1 Å². The van der Waals surface area contributed by atoms with E-state index in [0.717, 1.165) is 5.56 Å². The minimum atomic E-state index is -2.93. The number of amides is 1. The summed E-state index contributed by atoms with van der Waals surface area (Å²) in [5.41, 5.74) is 1.17. The van der Waals surface area contributed by atoms with E-state index in [0.29, 0.717) is 16.6 Å². The number of alkyl halides is 2. The molecule has 134 valence electrons.